The van der Waals surface area contributed by atoms with E-state index in [0.29, 0.717) is 13.2 Å². The first-order valence-corrected chi connectivity index (χ1v) is 8.09. The Morgan fingerprint density at radius 1 is 1.00 bits per heavy atom. The van der Waals surface area contributed by atoms with Crippen LogP contribution in [-0.2, 0) is 11.3 Å². The van der Waals surface area contributed by atoms with Crippen molar-refractivity contribution in [2.75, 3.05) is 13.2 Å². The molecule has 8 nitrogen and oxygen atoms in total. The van der Waals surface area contributed by atoms with Crippen LogP contribution in [0.15, 0.2) is 48.5 Å². The molecule has 0 amide bonds. The second kappa shape index (κ2) is 10.00. The second-order valence-electron chi connectivity index (χ2n) is 5.38. The van der Waals surface area contributed by atoms with Crippen LogP contribution in [0.25, 0.3) is 0 Å². The van der Waals surface area contributed by atoms with Crippen molar-refractivity contribution in [3.63, 3.8) is 0 Å². The fraction of sp³-hybridized carbons (Fsp3) is 0.278. The minimum absolute atomic E-state index is 0.0409. The number of hydrogen-bond donors (Lipinski definition) is 1. The SMILES string of the molecule is NCCCCOc1ccc(COC(=O)Oc2ccc([N+](=O)[O-])cc2)cc1. The van der Waals surface area contributed by atoms with Gasteiger partial charge >= 0.3 is 6.16 Å². The first-order chi connectivity index (χ1) is 12.6. The number of nitro benzene ring substituents is 1. The van der Waals surface area contributed by atoms with Crippen LogP contribution in [0.4, 0.5) is 10.5 Å². The standard InChI is InChI=1S/C18H20N2O6/c19-11-1-2-12-24-16-7-3-14(4-8-16)13-25-18(21)26-17-9-5-15(6-10-17)20(22)23/h3-10H,1-2,11-13,19H2. The van der Waals surface area contributed by atoms with Crippen LogP contribution in [-0.4, -0.2) is 24.2 Å². The van der Waals surface area contributed by atoms with E-state index in [1.165, 1.54) is 24.3 Å². The minimum Gasteiger partial charge on any atom is -0.494 e. The molecule has 0 aromatic heterocycles. The predicted octanol–water partition coefficient (Wildman–Crippen LogP) is 3.43. The van der Waals surface area contributed by atoms with E-state index in [2.05, 4.69) is 0 Å². The molecule has 0 heterocycles. The molecule has 0 atom stereocenters. The van der Waals surface area contributed by atoms with Crippen molar-refractivity contribution < 1.29 is 23.9 Å². The number of rotatable bonds is 9. The predicted molar refractivity (Wildman–Crippen MR) is 94.1 cm³/mol. The molecule has 138 valence electrons. The van der Waals surface area contributed by atoms with Gasteiger partial charge in [-0.2, -0.15) is 0 Å². The lowest BCUT2D eigenvalue weighted by molar-refractivity contribution is -0.384. The zero-order valence-electron chi connectivity index (χ0n) is 14.1. The van der Waals surface area contributed by atoms with Gasteiger partial charge in [0.1, 0.15) is 18.1 Å². The molecule has 26 heavy (non-hydrogen) atoms. The molecule has 2 N–H and O–H groups in total. The lowest BCUT2D eigenvalue weighted by Gasteiger charge is -2.08. The first kappa shape index (κ1) is 19.2. The average molecular weight is 360 g/mol. The monoisotopic (exact) mass is 360 g/mol. The maximum Gasteiger partial charge on any atom is 0.514 e. The van der Waals surface area contributed by atoms with Gasteiger partial charge < -0.3 is 19.9 Å². The fourth-order valence-corrected chi connectivity index (χ4v) is 2.02. The molecule has 2 rings (SSSR count). The van der Waals surface area contributed by atoms with Crippen molar-refractivity contribution in [3.05, 3.63) is 64.2 Å². The van der Waals surface area contributed by atoms with E-state index in [0.717, 1.165) is 24.2 Å². The molecular formula is C18H20N2O6. The van der Waals surface area contributed by atoms with Crippen LogP contribution in [0.5, 0.6) is 11.5 Å². The summed E-state index contributed by atoms with van der Waals surface area (Å²) in [5, 5.41) is 10.6. The van der Waals surface area contributed by atoms with E-state index in [9.17, 15) is 14.9 Å². The molecule has 0 unspecified atom stereocenters. The van der Waals surface area contributed by atoms with Crippen molar-refractivity contribution in [2.24, 2.45) is 5.73 Å². The van der Waals surface area contributed by atoms with Crippen LogP contribution < -0.4 is 15.2 Å². The fourth-order valence-electron chi connectivity index (χ4n) is 2.02. The number of nitro groups is 1. The Hall–Kier alpha value is -3.13. The van der Waals surface area contributed by atoms with Gasteiger partial charge in [0.2, 0.25) is 0 Å². The molecule has 0 aliphatic rings. The summed E-state index contributed by atoms with van der Waals surface area (Å²) in [6, 6.07) is 12.3. The van der Waals surface area contributed by atoms with Crippen molar-refractivity contribution in [3.8, 4) is 11.5 Å². The van der Waals surface area contributed by atoms with Gasteiger partial charge in [-0.15, -0.1) is 0 Å². The van der Waals surface area contributed by atoms with Crippen LogP contribution in [0.1, 0.15) is 18.4 Å². The van der Waals surface area contributed by atoms with Crippen molar-refractivity contribution in [1.82, 2.24) is 0 Å². The molecule has 0 saturated heterocycles. The van der Waals surface area contributed by atoms with Crippen molar-refractivity contribution in [2.45, 2.75) is 19.4 Å². The molecule has 0 aliphatic carbocycles. The van der Waals surface area contributed by atoms with Gasteiger partial charge in [0, 0.05) is 12.1 Å². The second-order valence-corrected chi connectivity index (χ2v) is 5.38. The number of non-ortho nitro benzene ring substituents is 1. The molecule has 0 spiro atoms. The number of hydrogen-bond acceptors (Lipinski definition) is 7. The Labute approximate surface area is 150 Å². The van der Waals surface area contributed by atoms with Gasteiger partial charge in [0.25, 0.3) is 5.69 Å². The van der Waals surface area contributed by atoms with Crippen molar-refractivity contribution >= 4 is 11.8 Å². The minimum atomic E-state index is -0.888. The molecule has 8 heteroatoms. The largest absolute Gasteiger partial charge is 0.514 e. The average Bonchev–Trinajstić information content (AvgIpc) is 2.65. The van der Waals surface area contributed by atoms with E-state index in [4.69, 9.17) is 19.9 Å². The number of unbranched alkanes of at least 4 members (excludes halogenated alkanes) is 1. The highest BCUT2D eigenvalue weighted by Crippen LogP contribution is 2.18. The molecule has 0 radical (unpaired) electrons. The molecule has 0 bridgehead atoms. The Kier molecular flexibility index (Phi) is 7.38. The number of carbonyl (C=O) groups excluding carboxylic acids is 1. The van der Waals surface area contributed by atoms with Gasteiger partial charge in [0.05, 0.1) is 11.5 Å². The number of nitrogens with two attached hydrogens (primary N) is 1. The summed E-state index contributed by atoms with van der Waals surface area (Å²) in [5.74, 6) is 0.904. The Morgan fingerprint density at radius 3 is 2.27 bits per heavy atom. The topological polar surface area (TPSA) is 114 Å². The van der Waals surface area contributed by atoms with Gasteiger partial charge in [-0.05, 0) is 49.2 Å². The number of nitrogens with zero attached hydrogens (tertiary/aromatic N) is 1. The third kappa shape index (κ3) is 6.40. The molecule has 2 aromatic carbocycles. The molecule has 2 aromatic rings. The molecular weight excluding hydrogens is 340 g/mol. The summed E-state index contributed by atoms with van der Waals surface area (Å²) in [4.78, 5) is 21.7. The number of benzene rings is 2. The highest BCUT2D eigenvalue weighted by atomic mass is 16.7. The third-order valence-electron chi connectivity index (χ3n) is 3.40. The number of ether oxygens (including phenoxy) is 3. The van der Waals surface area contributed by atoms with E-state index in [1.807, 2.05) is 0 Å². The smallest absolute Gasteiger partial charge is 0.494 e. The lowest BCUT2D eigenvalue weighted by atomic mass is 10.2. The quantitative estimate of drug-likeness (QED) is 0.239. The van der Waals surface area contributed by atoms with E-state index in [-0.39, 0.29) is 18.0 Å². The van der Waals surface area contributed by atoms with Crippen LogP contribution in [0.2, 0.25) is 0 Å². The highest BCUT2D eigenvalue weighted by molar-refractivity contribution is 5.64. The summed E-state index contributed by atoms with van der Waals surface area (Å²) in [6.45, 7) is 1.30. The van der Waals surface area contributed by atoms with Gasteiger partial charge in [0.15, 0.2) is 0 Å². The zero-order valence-corrected chi connectivity index (χ0v) is 14.1. The highest BCUT2D eigenvalue weighted by Gasteiger charge is 2.09. The van der Waals surface area contributed by atoms with E-state index < -0.39 is 11.1 Å². The van der Waals surface area contributed by atoms with Crippen LogP contribution >= 0.6 is 0 Å². The summed E-state index contributed by atoms with van der Waals surface area (Å²) < 4.78 is 15.5. The maximum atomic E-state index is 11.7. The van der Waals surface area contributed by atoms with Gasteiger partial charge in [-0.3, -0.25) is 10.1 Å². The van der Waals surface area contributed by atoms with Crippen LogP contribution in [0, 0.1) is 10.1 Å². The zero-order chi connectivity index (χ0) is 18.8. The summed E-state index contributed by atoms with van der Waals surface area (Å²) >= 11 is 0. The Morgan fingerprint density at radius 2 is 1.65 bits per heavy atom. The van der Waals surface area contributed by atoms with Crippen LogP contribution in [0.3, 0.4) is 0 Å². The Bertz CT molecular complexity index is 715. The lowest BCUT2D eigenvalue weighted by Crippen LogP contribution is -2.10. The molecule has 0 saturated carbocycles. The number of carbonyl (C=O) groups is 1. The van der Waals surface area contributed by atoms with E-state index in [1.54, 1.807) is 24.3 Å². The summed E-state index contributed by atoms with van der Waals surface area (Å²) in [6.07, 6.45) is 0.930. The molecule has 0 fully saturated rings. The third-order valence-corrected chi connectivity index (χ3v) is 3.40. The molecule has 0 aliphatic heterocycles. The van der Waals surface area contributed by atoms with Crippen molar-refractivity contribution in [1.29, 1.82) is 0 Å². The summed E-state index contributed by atoms with van der Waals surface area (Å²) in [7, 11) is 0. The van der Waals surface area contributed by atoms with Gasteiger partial charge in [-0.1, -0.05) is 12.1 Å². The van der Waals surface area contributed by atoms with E-state index >= 15 is 0 Å². The van der Waals surface area contributed by atoms with Gasteiger partial charge in [-0.25, -0.2) is 4.79 Å². The first-order valence-electron chi connectivity index (χ1n) is 8.09. The maximum absolute atomic E-state index is 11.7. The Balaban J connectivity index is 1.75. The normalized spacial score (nSPS) is 10.2. The summed E-state index contributed by atoms with van der Waals surface area (Å²) in [5.41, 5.74) is 6.11.